The zero-order chi connectivity index (χ0) is 19.4. The molecule has 0 amide bonds. The number of esters is 1. The number of non-ortho nitro benzene ring substituents is 1. The average molecular weight is 384 g/mol. The number of nitro benzene ring substituents is 1. The molecule has 0 spiro atoms. The van der Waals surface area contributed by atoms with Crippen LogP contribution in [0, 0.1) is 10.1 Å². The fourth-order valence-corrected chi connectivity index (χ4v) is 3.42. The van der Waals surface area contributed by atoms with Gasteiger partial charge in [0.25, 0.3) is 5.69 Å². The second kappa shape index (κ2) is 7.92. The summed E-state index contributed by atoms with van der Waals surface area (Å²) in [4.78, 5) is 22.6. The quantitative estimate of drug-likeness (QED) is 0.292. The molecule has 0 saturated heterocycles. The van der Waals surface area contributed by atoms with Crippen LogP contribution >= 0.6 is 11.3 Å². The maximum atomic E-state index is 11.8. The lowest BCUT2D eigenvalue weighted by atomic mass is 10.1. The van der Waals surface area contributed by atoms with Crippen LogP contribution in [0.25, 0.3) is 10.2 Å². The predicted octanol–water partition coefficient (Wildman–Crippen LogP) is 3.11. The molecule has 1 aromatic heterocycles. The van der Waals surface area contributed by atoms with Crippen molar-refractivity contribution in [2.45, 2.75) is 13.5 Å². The zero-order valence-electron chi connectivity index (χ0n) is 14.7. The van der Waals surface area contributed by atoms with Gasteiger partial charge >= 0.3 is 5.97 Å². The minimum absolute atomic E-state index is 0.0175. The van der Waals surface area contributed by atoms with Crippen molar-refractivity contribution in [1.29, 1.82) is 0 Å². The maximum Gasteiger partial charge on any atom is 0.325 e. The van der Waals surface area contributed by atoms with Crippen molar-refractivity contribution in [1.82, 2.24) is 4.57 Å². The Bertz CT molecular complexity index is 1100. The standard InChI is InChI=1S/C18H16N4O4S/c1-12(13-7-9-14(10-8-13)22(24)25)19-20-18-21(11-17(23)26-2)15-5-3-4-6-16(15)27-18/h3-10H,11H2,1-2H3/b19-12+,20-18+. The number of hydrogen-bond acceptors (Lipinski definition) is 7. The topological polar surface area (TPSA) is 99.1 Å². The normalized spacial score (nSPS) is 12.4. The SMILES string of the molecule is COC(=O)Cn1/c(=N\N=C(/C)c2ccc([N+](=O)[O-])cc2)sc2ccccc21. The fraction of sp³-hybridized carbons (Fsp3) is 0.167. The number of hydrogen-bond donors (Lipinski definition) is 0. The third kappa shape index (κ3) is 4.09. The van der Waals surface area contributed by atoms with Crippen LogP contribution in [0.4, 0.5) is 5.69 Å². The van der Waals surface area contributed by atoms with Crippen LogP contribution in [0.5, 0.6) is 0 Å². The van der Waals surface area contributed by atoms with Gasteiger partial charge in [-0.2, -0.15) is 5.10 Å². The van der Waals surface area contributed by atoms with Crippen molar-refractivity contribution in [3.05, 3.63) is 69.0 Å². The zero-order valence-corrected chi connectivity index (χ0v) is 15.5. The maximum absolute atomic E-state index is 11.8. The number of aromatic nitrogens is 1. The Morgan fingerprint density at radius 3 is 2.59 bits per heavy atom. The Hall–Kier alpha value is -3.33. The van der Waals surface area contributed by atoms with Crippen molar-refractivity contribution in [2.75, 3.05) is 7.11 Å². The summed E-state index contributed by atoms with van der Waals surface area (Å²) in [6.07, 6.45) is 0. The van der Waals surface area contributed by atoms with E-state index in [2.05, 4.69) is 10.2 Å². The van der Waals surface area contributed by atoms with Gasteiger partial charge in [0.1, 0.15) is 6.54 Å². The first-order valence-corrected chi connectivity index (χ1v) is 8.79. The van der Waals surface area contributed by atoms with Crippen LogP contribution in [-0.4, -0.2) is 28.3 Å². The highest BCUT2D eigenvalue weighted by atomic mass is 32.1. The number of benzene rings is 2. The van der Waals surface area contributed by atoms with Gasteiger partial charge in [0, 0.05) is 12.1 Å². The van der Waals surface area contributed by atoms with Gasteiger partial charge in [0.15, 0.2) is 0 Å². The first kappa shape index (κ1) is 18.5. The molecule has 0 aliphatic carbocycles. The molecule has 0 aliphatic rings. The number of carbonyl (C=O) groups is 1. The van der Waals surface area contributed by atoms with E-state index in [9.17, 15) is 14.9 Å². The van der Waals surface area contributed by atoms with Crippen molar-refractivity contribution in [3.63, 3.8) is 0 Å². The molecule has 2 aromatic carbocycles. The molecule has 3 rings (SSSR count). The fourth-order valence-electron chi connectivity index (χ4n) is 2.44. The molecule has 0 radical (unpaired) electrons. The van der Waals surface area contributed by atoms with Crippen molar-refractivity contribution in [3.8, 4) is 0 Å². The number of fused-ring (bicyclic) bond motifs is 1. The molecule has 0 N–H and O–H groups in total. The Morgan fingerprint density at radius 2 is 1.93 bits per heavy atom. The summed E-state index contributed by atoms with van der Waals surface area (Å²) in [5.74, 6) is -0.379. The van der Waals surface area contributed by atoms with Gasteiger partial charge in [-0.1, -0.05) is 23.5 Å². The highest BCUT2D eigenvalue weighted by Gasteiger charge is 2.10. The number of carbonyl (C=O) groups excluding carboxylic acids is 1. The largest absolute Gasteiger partial charge is 0.468 e. The van der Waals surface area contributed by atoms with Crippen LogP contribution in [0.15, 0.2) is 58.7 Å². The molecule has 0 fully saturated rings. The van der Waals surface area contributed by atoms with Crippen LogP contribution < -0.4 is 4.80 Å². The molecule has 0 aliphatic heterocycles. The second-order valence-electron chi connectivity index (χ2n) is 5.60. The molecule has 0 atom stereocenters. The van der Waals surface area contributed by atoms with E-state index in [0.717, 1.165) is 15.8 Å². The van der Waals surface area contributed by atoms with Gasteiger partial charge in [0.2, 0.25) is 4.80 Å². The molecule has 0 unspecified atom stereocenters. The third-order valence-electron chi connectivity index (χ3n) is 3.88. The molecule has 1 heterocycles. The summed E-state index contributed by atoms with van der Waals surface area (Å²) < 4.78 is 7.49. The van der Waals surface area contributed by atoms with Crippen LogP contribution in [0.2, 0.25) is 0 Å². The minimum atomic E-state index is -0.451. The smallest absolute Gasteiger partial charge is 0.325 e. The lowest BCUT2D eigenvalue weighted by molar-refractivity contribution is -0.384. The second-order valence-corrected chi connectivity index (χ2v) is 6.61. The number of rotatable bonds is 5. The number of methoxy groups -OCH3 is 1. The Morgan fingerprint density at radius 1 is 1.22 bits per heavy atom. The van der Waals surface area contributed by atoms with Gasteiger partial charge in [-0.05, 0) is 36.8 Å². The third-order valence-corrected chi connectivity index (χ3v) is 4.93. The van der Waals surface area contributed by atoms with Gasteiger partial charge in [-0.25, -0.2) is 0 Å². The highest BCUT2D eigenvalue weighted by Crippen LogP contribution is 2.17. The first-order valence-electron chi connectivity index (χ1n) is 7.98. The Balaban J connectivity index is 2.01. The van der Waals surface area contributed by atoms with E-state index in [-0.39, 0.29) is 18.2 Å². The molecule has 138 valence electrons. The van der Waals surface area contributed by atoms with Gasteiger partial charge < -0.3 is 9.30 Å². The minimum Gasteiger partial charge on any atom is -0.468 e. The Labute approximate surface area is 158 Å². The summed E-state index contributed by atoms with van der Waals surface area (Å²) in [7, 11) is 1.34. The van der Waals surface area contributed by atoms with E-state index in [0.29, 0.717) is 10.5 Å². The van der Waals surface area contributed by atoms with E-state index in [1.54, 1.807) is 23.6 Å². The predicted molar refractivity (Wildman–Crippen MR) is 103 cm³/mol. The number of nitrogens with zero attached hydrogens (tertiary/aromatic N) is 4. The van der Waals surface area contributed by atoms with E-state index in [1.165, 1.54) is 30.6 Å². The number of para-hydroxylation sites is 1. The molecular formula is C18H16N4O4S. The van der Waals surface area contributed by atoms with E-state index in [4.69, 9.17) is 4.74 Å². The summed E-state index contributed by atoms with van der Waals surface area (Å²) in [5.41, 5.74) is 2.22. The van der Waals surface area contributed by atoms with Crippen LogP contribution in [0.3, 0.4) is 0 Å². The van der Waals surface area contributed by atoms with Gasteiger partial charge in [-0.3, -0.25) is 14.9 Å². The number of thiazole rings is 1. The summed E-state index contributed by atoms with van der Waals surface area (Å²) in [6, 6.07) is 13.7. The number of nitro groups is 1. The van der Waals surface area contributed by atoms with Gasteiger partial charge in [-0.15, -0.1) is 5.10 Å². The molecule has 9 heteroatoms. The number of ether oxygens (including phenoxy) is 1. The lowest BCUT2D eigenvalue weighted by Crippen LogP contribution is -2.21. The van der Waals surface area contributed by atoms with Crippen molar-refractivity contribution in [2.24, 2.45) is 10.2 Å². The van der Waals surface area contributed by atoms with E-state index >= 15 is 0 Å². The van der Waals surface area contributed by atoms with Crippen LogP contribution in [0.1, 0.15) is 12.5 Å². The summed E-state index contributed by atoms with van der Waals surface area (Å²) in [5, 5.41) is 19.3. The highest BCUT2D eigenvalue weighted by molar-refractivity contribution is 7.16. The molecule has 27 heavy (non-hydrogen) atoms. The molecular weight excluding hydrogens is 368 g/mol. The molecule has 3 aromatic rings. The Kier molecular flexibility index (Phi) is 5.41. The molecule has 0 bridgehead atoms. The van der Waals surface area contributed by atoms with Crippen molar-refractivity contribution < 1.29 is 14.5 Å². The van der Waals surface area contributed by atoms with Gasteiger partial charge in [0.05, 0.1) is 28.0 Å². The van der Waals surface area contributed by atoms with E-state index < -0.39 is 4.92 Å². The van der Waals surface area contributed by atoms with Crippen molar-refractivity contribution >= 4 is 38.9 Å². The van der Waals surface area contributed by atoms with E-state index in [1.807, 2.05) is 24.3 Å². The monoisotopic (exact) mass is 384 g/mol. The lowest BCUT2D eigenvalue weighted by Gasteiger charge is -2.03. The molecule has 8 nitrogen and oxygen atoms in total. The first-order chi connectivity index (χ1) is 13.0. The van der Waals surface area contributed by atoms with Crippen LogP contribution in [-0.2, 0) is 16.1 Å². The summed E-state index contributed by atoms with van der Waals surface area (Å²) >= 11 is 1.41. The molecule has 0 saturated carbocycles. The average Bonchev–Trinajstić information content (AvgIpc) is 3.03. The summed E-state index contributed by atoms with van der Waals surface area (Å²) in [6.45, 7) is 1.80.